The first-order chi connectivity index (χ1) is 10.2. The molecule has 0 N–H and O–H groups in total. The number of aryl methyl sites for hydroxylation is 1. The van der Waals surface area contributed by atoms with E-state index in [1.807, 2.05) is 48.0 Å². The lowest BCUT2D eigenvalue weighted by molar-refractivity contribution is 0.563. The average Bonchev–Trinajstić information content (AvgIpc) is 2.89. The van der Waals surface area contributed by atoms with Crippen LogP contribution in [-0.4, -0.2) is 14.4 Å². The highest BCUT2D eigenvalue weighted by molar-refractivity contribution is 5.81. The van der Waals surface area contributed by atoms with Crippen LogP contribution < -0.4 is 5.63 Å². The standard InChI is InChI=1S/C16H11N3O2/c1-10-8-19-9-13(18-15(19)7-17-10)12-6-11-4-2-3-5-14(11)21-16(12)20/h2-9H,1H3. The Morgan fingerprint density at radius 3 is 2.95 bits per heavy atom. The highest BCUT2D eigenvalue weighted by Crippen LogP contribution is 2.20. The van der Waals surface area contributed by atoms with Gasteiger partial charge in [0.15, 0.2) is 5.65 Å². The van der Waals surface area contributed by atoms with Gasteiger partial charge in [-0.3, -0.25) is 4.98 Å². The van der Waals surface area contributed by atoms with Crippen LogP contribution in [0.25, 0.3) is 27.9 Å². The summed E-state index contributed by atoms with van der Waals surface area (Å²) < 4.78 is 7.20. The van der Waals surface area contributed by atoms with Crippen LogP contribution in [0.2, 0.25) is 0 Å². The molecule has 4 aromatic rings. The smallest absolute Gasteiger partial charge is 0.345 e. The molecular weight excluding hydrogens is 266 g/mol. The van der Waals surface area contributed by atoms with Gasteiger partial charge in [-0.15, -0.1) is 0 Å². The van der Waals surface area contributed by atoms with Gasteiger partial charge in [-0.2, -0.15) is 0 Å². The molecule has 0 saturated heterocycles. The molecule has 0 bridgehead atoms. The third kappa shape index (κ3) is 1.90. The minimum Gasteiger partial charge on any atom is -0.422 e. The third-order valence-corrected chi connectivity index (χ3v) is 3.39. The van der Waals surface area contributed by atoms with Gasteiger partial charge in [0, 0.05) is 17.8 Å². The lowest BCUT2D eigenvalue weighted by Crippen LogP contribution is -2.02. The van der Waals surface area contributed by atoms with Crippen LogP contribution in [0, 0.1) is 6.92 Å². The van der Waals surface area contributed by atoms with Crippen molar-refractivity contribution in [3.05, 3.63) is 65.0 Å². The largest absolute Gasteiger partial charge is 0.422 e. The molecule has 0 amide bonds. The van der Waals surface area contributed by atoms with Crippen LogP contribution in [0.4, 0.5) is 0 Å². The number of hydrogen-bond acceptors (Lipinski definition) is 4. The summed E-state index contributed by atoms with van der Waals surface area (Å²) in [5, 5.41) is 0.874. The monoisotopic (exact) mass is 277 g/mol. The maximum atomic E-state index is 12.1. The molecule has 0 radical (unpaired) electrons. The predicted octanol–water partition coefficient (Wildman–Crippen LogP) is 2.81. The van der Waals surface area contributed by atoms with E-state index < -0.39 is 0 Å². The van der Waals surface area contributed by atoms with Gasteiger partial charge in [-0.1, -0.05) is 18.2 Å². The second-order valence-corrected chi connectivity index (χ2v) is 4.91. The predicted molar refractivity (Wildman–Crippen MR) is 79.2 cm³/mol. The van der Waals surface area contributed by atoms with Gasteiger partial charge in [0.2, 0.25) is 0 Å². The van der Waals surface area contributed by atoms with Crippen molar-refractivity contribution in [1.82, 2.24) is 14.4 Å². The molecule has 3 heterocycles. The number of imidazole rings is 1. The number of nitrogens with zero attached hydrogens (tertiary/aromatic N) is 3. The molecule has 102 valence electrons. The average molecular weight is 277 g/mol. The molecule has 0 aliphatic carbocycles. The zero-order chi connectivity index (χ0) is 14.4. The topological polar surface area (TPSA) is 60.4 Å². The lowest BCUT2D eigenvalue weighted by Gasteiger charge is -1.98. The van der Waals surface area contributed by atoms with E-state index in [2.05, 4.69) is 9.97 Å². The molecule has 3 aromatic heterocycles. The molecule has 4 rings (SSSR count). The Bertz CT molecular complexity index is 1030. The zero-order valence-corrected chi connectivity index (χ0v) is 11.3. The zero-order valence-electron chi connectivity index (χ0n) is 11.3. The first kappa shape index (κ1) is 11.8. The maximum absolute atomic E-state index is 12.1. The first-order valence-electron chi connectivity index (χ1n) is 6.55. The summed E-state index contributed by atoms with van der Waals surface area (Å²) in [6, 6.07) is 9.23. The molecule has 0 fully saturated rings. The van der Waals surface area contributed by atoms with E-state index in [-0.39, 0.29) is 5.63 Å². The third-order valence-electron chi connectivity index (χ3n) is 3.39. The van der Waals surface area contributed by atoms with Crippen molar-refractivity contribution in [2.24, 2.45) is 0 Å². The van der Waals surface area contributed by atoms with Crippen LogP contribution in [-0.2, 0) is 0 Å². The van der Waals surface area contributed by atoms with Crippen LogP contribution >= 0.6 is 0 Å². The van der Waals surface area contributed by atoms with E-state index in [1.54, 1.807) is 12.3 Å². The van der Waals surface area contributed by atoms with E-state index in [4.69, 9.17) is 4.42 Å². The second-order valence-electron chi connectivity index (χ2n) is 4.91. The van der Waals surface area contributed by atoms with E-state index in [9.17, 15) is 4.79 Å². The first-order valence-corrected chi connectivity index (χ1v) is 6.55. The van der Waals surface area contributed by atoms with Crippen molar-refractivity contribution in [3.8, 4) is 11.3 Å². The Labute approximate surface area is 119 Å². The second kappa shape index (κ2) is 4.28. The Kier molecular flexibility index (Phi) is 2.41. The Morgan fingerprint density at radius 1 is 1.19 bits per heavy atom. The van der Waals surface area contributed by atoms with Crippen LogP contribution in [0.3, 0.4) is 0 Å². The molecular formula is C16H11N3O2. The van der Waals surface area contributed by atoms with E-state index in [0.29, 0.717) is 22.5 Å². The quantitative estimate of drug-likeness (QED) is 0.502. The van der Waals surface area contributed by atoms with Crippen LogP contribution in [0.1, 0.15) is 5.69 Å². The summed E-state index contributed by atoms with van der Waals surface area (Å²) >= 11 is 0. The number of aromatic nitrogens is 3. The van der Waals surface area contributed by atoms with Gasteiger partial charge in [0.05, 0.1) is 23.1 Å². The summed E-state index contributed by atoms with van der Waals surface area (Å²) in [6.07, 6.45) is 5.36. The van der Waals surface area contributed by atoms with E-state index in [0.717, 1.165) is 11.1 Å². The van der Waals surface area contributed by atoms with Crippen molar-refractivity contribution in [2.75, 3.05) is 0 Å². The summed E-state index contributed by atoms with van der Waals surface area (Å²) in [7, 11) is 0. The molecule has 0 aliphatic rings. The van der Waals surface area contributed by atoms with Gasteiger partial charge in [-0.25, -0.2) is 9.78 Å². The highest BCUT2D eigenvalue weighted by atomic mass is 16.4. The number of benzene rings is 1. The number of rotatable bonds is 1. The Morgan fingerprint density at radius 2 is 2.05 bits per heavy atom. The molecule has 0 spiro atoms. The molecule has 0 aliphatic heterocycles. The fourth-order valence-electron chi connectivity index (χ4n) is 2.37. The minimum atomic E-state index is -0.387. The van der Waals surface area contributed by atoms with Gasteiger partial charge < -0.3 is 8.82 Å². The minimum absolute atomic E-state index is 0.387. The summed E-state index contributed by atoms with van der Waals surface area (Å²) in [5.74, 6) is 0. The fourth-order valence-corrected chi connectivity index (χ4v) is 2.37. The highest BCUT2D eigenvalue weighted by Gasteiger charge is 2.11. The van der Waals surface area contributed by atoms with E-state index in [1.165, 1.54) is 0 Å². The van der Waals surface area contributed by atoms with Crippen molar-refractivity contribution in [1.29, 1.82) is 0 Å². The molecule has 21 heavy (non-hydrogen) atoms. The van der Waals surface area contributed by atoms with Crippen molar-refractivity contribution in [2.45, 2.75) is 6.92 Å². The van der Waals surface area contributed by atoms with Crippen LogP contribution in [0.5, 0.6) is 0 Å². The molecule has 0 unspecified atom stereocenters. The lowest BCUT2D eigenvalue weighted by atomic mass is 10.1. The molecule has 5 nitrogen and oxygen atoms in total. The Balaban J connectivity index is 1.99. The number of hydrogen-bond donors (Lipinski definition) is 0. The maximum Gasteiger partial charge on any atom is 0.345 e. The summed E-state index contributed by atoms with van der Waals surface area (Å²) in [6.45, 7) is 1.91. The fraction of sp³-hybridized carbons (Fsp3) is 0.0625. The molecule has 1 aromatic carbocycles. The molecule has 5 heteroatoms. The number of fused-ring (bicyclic) bond motifs is 2. The SMILES string of the molecule is Cc1cn2cc(-c3cc4ccccc4oc3=O)nc2cn1. The van der Waals surface area contributed by atoms with Crippen molar-refractivity contribution < 1.29 is 4.42 Å². The van der Waals surface area contributed by atoms with E-state index >= 15 is 0 Å². The van der Waals surface area contributed by atoms with Gasteiger partial charge in [0.25, 0.3) is 0 Å². The molecule has 0 saturated carbocycles. The van der Waals surface area contributed by atoms with Gasteiger partial charge >= 0.3 is 5.63 Å². The van der Waals surface area contributed by atoms with Gasteiger partial charge in [-0.05, 0) is 19.1 Å². The normalized spacial score (nSPS) is 11.3. The van der Waals surface area contributed by atoms with Gasteiger partial charge in [0.1, 0.15) is 5.58 Å². The van der Waals surface area contributed by atoms with Crippen molar-refractivity contribution >= 4 is 16.6 Å². The van der Waals surface area contributed by atoms with Crippen LogP contribution in [0.15, 0.2) is 58.1 Å². The Hall–Kier alpha value is -2.95. The molecule has 0 atom stereocenters. The number of para-hydroxylation sites is 1. The summed E-state index contributed by atoms with van der Waals surface area (Å²) in [5.41, 5.74) is 2.81. The van der Waals surface area contributed by atoms with Crippen molar-refractivity contribution in [3.63, 3.8) is 0 Å². The summed E-state index contributed by atoms with van der Waals surface area (Å²) in [4.78, 5) is 20.8.